The number of amides is 4. The SMILES string of the molecule is Nc1ncnc2c1ccn2[C@@H]1O[C@H]([C@H](O)c2ccc(Cl)c(OCCCC(=O)CNc3cccc4c3C(=O)N(C3CCC(=O)NC3=O)C4=O)c2)[C@@H](O)[C@H]1O. The van der Waals surface area contributed by atoms with E-state index < -0.39 is 60.3 Å². The third-order valence-electron chi connectivity index (χ3n) is 9.50. The molecule has 1 unspecified atom stereocenters. The molecule has 0 spiro atoms. The average Bonchev–Trinajstić information content (AvgIpc) is 3.78. The maximum atomic E-state index is 13.3. The van der Waals surface area contributed by atoms with Crippen LogP contribution >= 0.6 is 11.6 Å². The predicted octanol–water partition coefficient (Wildman–Crippen LogP) is 1.26. The second kappa shape index (κ2) is 14.5. The van der Waals surface area contributed by atoms with Crippen LogP contribution in [-0.4, -0.2) is 102 Å². The average molecular weight is 748 g/mol. The van der Waals surface area contributed by atoms with Gasteiger partial charge in [0.25, 0.3) is 11.8 Å². The van der Waals surface area contributed by atoms with Crippen LogP contribution in [0.4, 0.5) is 11.5 Å². The number of rotatable bonds is 12. The molecule has 2 fully saturated rings. The zero-order valence-electron chi connectivity index (χ0n) is 27.8. The van der Waals surface area contributed by atoms with Gasteiger partial charge in [-0.1, -0.05) is 23.7 Å². The van der Waals surface area contributed by atoms with Gasteiger partial charge in [0, 0.05) is 24.7 Å². The molecule has 0 bridgehead atoms. The molecule has 2 aromatic heterocycles. The van der Waals surface area contributed by atoms with E-state index in [4.69, 9.17) is 26.8 Å². The molecule has 3 aliphatic heterocycles. The van der Waals surface area contributed by atoms with Gasteiger partial charge in [-0.15, -0.1) is 0 Å². The highest BCUT2D eigenvalue weighted by atomic mass is 35.5. The topological polar surface area (TPSA) is 249 Å². The second-order valence-electron chi connectivity index (χ2n) is 12.8. The molecule has 7 N–H and O–H groups in total. The quantitative estimate of drug-likeness (QED) is 0.0883. The van der Waals surface area contributed by atoms with E-state index in [1.165, 1.54) is 35.2 Å². The summed E-state index contributed by atoms with van der Waals surface area (Å²) in [6.45, 7) is -0.0802. The summed E-state index contributed by atoms with van der Waals surface area (Å²) in [5.41, 5.74) is 7.00. The molecule has 5 heterocycles. The number of aliphatic hydroxyl groups excluding tert-OH is 3. The largest absolute Gasteiger partial charge is 0.492 e. The molecule has 4 aromatic rings. The van der Waals surface area contributed by atoms with Crippen molar-refractivity contribution < 1.29 is 48.8 Å². The summed E-state index contributed by atoms with van der Waals surface area (Å²) in [5.74, 6) is -2.29. The van der Waals surface area contributed by atoms with Gasteiger partial charge in [-0.25, -0.2) is 9.97 Å². The molecule has 3 aliphatic rings. The third-order valence-corrected chi connectivity index (χ3v) is 9.81. The number of hydrogen-bond acceptors (Lipinski definition) is 14. The lowest BCUT2D eigenvalue weighted by molar-refractivity contribution is -0.136. The molecular weight excluding hydrogens is 714 g/mol. The number of nitrogens with one attached hydrogen (secondary N) is 2. The molecule has 7 rings (SSSR count). The molecular formula is C35H34ClN7O10. The lowest BCUT2D eigenvalue weighted by atomic mass is 9.99. The van der Waals surface area contributed by atoms with Gasteiger partial charge in [-0.3, -0.25) is 34.2 Å². The second-order valence-corrected chi connectivity index (χ2v) is 13.3. The van der Waals surface area contributed by atoms with Crippen LogP contribution in [0.5, 0.6) is 5.75 Å². The zero-order chi connectivity index (χ0) is 37.6. The highest BCUT2D eigenvalue weighted by Gasteiger charge is 2.48. The first kappa shape index (κ1) is 35.9. The number of fused-ring (bicyclic) bond motifs is 2. The van der Waals surface area contributed by atoms with E-state index in [0.29, 0.717) is 16.6 Å². The number of benzene rings is 2. The van der Waals surface area contributed by atoms with Gasteiger partial charge in [0.2, 0.25) is 11.8 Å². The third kappa shape index (κ3) is 6.68. The number of Topliss-reactive ketones (excluding diaryl/α,β-unsaturated/α-hetero) is 1. The summed E-state index contributed by atoms with van der Waals surface area (Å²) in [4.78, 5) is 72.1. The Hall–Kier alpha value is -5.46. The van der Waals surface area contributed by atoms with Crippen molar-refractivity contribution in [2.75, 3.05) is 24.2 Å². The smallest absolute Gasteiger partial charge is 0.264 e. The molecule has 0 aliphatic carbocycles. The fourth-order valence-corrected chi connectivity index (χ4v) is 6.94. The van der Waals surface area contributed by atoms with Crippen molar-refractivity contribution in [3.05, 3.63) is 76.7 Å². The molecule has 17 nitrogen and oxygen atoms in total. The van der Waals surface area contributed by atoms with E-state index in [9.17, 15) is 39.3 Å². The number of halogens is 1. The van der Waals surface area contributed by atoms with Crippen LogP contribution in [0, 0.1) is 0 Å². The van der Waals surface area contributed by atoms with Gasteiger partial charge in [0.15, 0.2) is 12.0 Å². The molecule has 2 aromatic carbocycles. The molecule has 4 amide bonds. The Morgan fingerprint density at radius 1 is 1.11 bits per heavy atom. The van der Waals surface area contributed by atoms with Gasteiger partial charge in [0.05, 0.1) is 34.7 Å². The van der Waals surface area contributed by atoms with Gasteiger partial charge in [-0.2, -0.15) is 0 Å². The Bertz CT molecular complexity index is 2140. The number of hydrogen-bond donors (Lipinski definition) is 6. The lowest BCUT2D eigenvalue weighted by Gasteiger charge is -2.27. The first-order valence-electron chi connectivity index (χ1n) is 16.7. The summed E-state index contributed by atoms with van der Waals surface area (Å²) < 4.78 is 13.3. The lowest BCUT2D eigenvalue weighted by Crippen LogP contribution is -2.54. The number of carbonyl (C=O) groups is 5. The summed E-state index contributed by atoms with van der Waals surface area (Å²) >= 11 is 6.35. The number of imide groups is 2. The Morgan fingerprint density at radius 2 is 1.92 bits per heavy atom. The highest BCUT2D eigenvalue weighted by molar-refractivity contribution is 6.32. The first-order valence-corrected chi connectivity index (χ1v) is 17.1. The van der Waals surface area contributed by atoms with Gasteiger partial charge in [0.1, 0.15) is 54.0 Å². The van der Waals surface area contributed by atoms with Crippen LogP contribution in [0.15, 0.2) is 55.0 Å². The number of aromatic nitrogens is 3. The number of ketones is 1. The van der Waals surface area contributed by atoms with Crippen LogP contribution in [0.2, 0.25) is 5.02 Å². The fraction of sp³-hybridized carbons (Fsp3) is 0.343. The van der Waals surface area contributed by atoms with Crippen LogP contribution in [-0.2, 0) is 19.1 Å². The molecule has 0 radical (unpaired) electrons. The number of carbonyl (C=O) groups excluding carboxylic acids is 5. The number of anilines is 2. The van der Waals surface area contributed by atoms with Crippen LogP contribution < -0.4 is 21.1 Å². The Balaban J connectivity index is 0.926. The molecule has 53 heavy (non-hydrogen) atoms. The summed E-state index contributed by atoms with van der Waals surface area (Å²) in [5, 5.41) is 38.8. The maximum Gasteiger partial charge on any atom is 0.264 e. The van der Waals surface area contributed by atoms with Crippen LogP contribution in [0.25, 0.3) is 11.0 Å². The summed E-state index contributed by atoms with van der Waals surface area (Å²) in [7, 11) is 0. The molecule has 2 saturated heterocycles. The highest BCUT2D eigenvalue weighted by Crippen LogP contribution is 2.39. The van der Waals surface area contributed by atoms with Crippen molar-refractivity contribution in [1.82, 2.24) is 24.8 Å². The van der Waals surface area contributed by atoms with Crippen molar-refractivity contribution >= 4 is 63.6 Å². The maximum absolute atomic E-state index is 13.3. The van der Waals surface area contributed by atoms with E-state index in [-0.39, 0.29) is 78.0 Å². The minimum absolute atomic E-state index is 0.00145. The molecule has 276 valence electrons. The zero-order valence-corrected chi connectivity index (χ0v) is 28.6. The fourth-order valence-electron chi connectivity index (χ4n) is 6.77. The van der Waals surface area contributed by atoms with E-state index >= 15 is 0 Å². The van der Waals surface area contributed by atoms with Crippen LogP contribution in [0.3, 0.4) is 0 Å². The van der Waals surface area contributed by atoms with E-state index in [0.717, 1.165) is 4.90 Å². The Kier molecular flexibility index (Phi) is 9.84. The number of nitrogens with zero attached hydrogens (tertiary/aromatic N) is 4. The standard InChI is InChI=1S/C35H34ClN7O10/c36-20-7-6-16(26(46)29-27(47)28(48)35(53-29)42-11-10-19-30(37)39-15-40-31(19)42)13-23(20)52-12-2-3-17(44)14-38-21-5-1-4-18-25(21)34(51)43(33(18)50)22-8-9-24(45)41-32(22)49/h1,4-7,10-11,13,15,22,26-29,35,38,46-48H,2-3,8-9,12,14H2,(H2,37,39,40)(H,41,45,49)/t22?,26-,27+,28-,29-,35-/m1/s1. The summed E-state index contributed by atoms with van der Waals surface area (Å²) in [6.07, 6.45) is -3.32. The molecule has 6 atom stereocenters. The summed E-state index contributed by atoms with van der Waals surface area (Å²) in [6, 6.07) is 9.65. The minimum Gasteiger partial charge on any atom is -0.492 e. The Labute approximate surface area is 305 Å². The number of ether oxygens (including phenoxy) is 2. The van der Waals surface area contributed by atoms with E-state index in [1.807, 2.05) is 0 Å². The van der Waals surface area contributed by atoms with E-state index in [2.05, 4.69) is 20.6 Å². The molecule has 18 heteroatoms. The normalized spacial score (nSPS) is 23.3. The van der Waals surface area contributed by atoms with Crippen molar-refractivity contribution in [2.45, 2.75) is 62.4 Å². The molecule has 0 saturated carbocycles. The Morgan fingerprint density at radius 3 is 2.72 bits per heavy atom. The number of nitrogens with two attached hydrogens (primary N) is 1. The number of aliphatic hydroxyl groups is 3. The predicted molar refractivity (Wildman–Crippen MR) is 186 cm³/mol. The van der Waals surface area contributed by atoms with Crippen LogP contribution in [0.1, 0.15) is 64.3 Å². The van der Waals surface area contributed by atoms with Crippen molar-refractivity contribution in [2.24, 2.45) is 0 Å². The number of piperidine rings is 1. The van der Waals surface area contributed by atoms with Gasteiger partial charge < -0.3 is 40.4 Å². The minimum atomic E-state index is -1.47. The van der Waals surface area contributed by atoms with E-state index in [1.54, 1.807) is 24.4 Å². The first-order chi connectivity index (χ1) is 25.4. The number of nitrogen functional groups attached to an aromatic ring is 1. The van der Waals surface area contributed by atoms with Crippen molar-refractivity contribution in [3.8, 4) is 5.75 Å². The van der Waals surface area contributed by atoms with Crippen molar-refractivity contribution in [1.29, 1.82) is 0 Å². The van der Waals surface area contributed by atoms with Gasteiger partial charge >= 0.3 is 0 Å². The monoisotopic (exact) mass is 747 g/mol. The van der Waals surface area contributed by atoms with Gasteiger partial charge in [-0.05, 0) is 48.7 Å². The van der Waals surface area contributed by atoms with Crippen molar-refractivity contribution in [3.63, 3.8) is 0 Å².